The van der Waals surface area contributed by atoms with Crippen molar-refractivity contribution in [3.63, 3.8) is 0 Å². The first kappa shape index (κ1) is 64.8. The second-order valence-corrected chi connectivity index (χ2v) is 37.1. The third kappa shape index (κ3) is 20.4. The van der Waals surface area contributed by atoms with E-state index in [2.05, 4.69) is 110 Å². The van der Waals surface area contributed by atoms with Crippen LogP contribution in [0.5, 0.6) is 0 Å². The van der Waals surface area contributed by atoms with Gasteiger partial charge in [-0.15, -0.1) is 107 Å². The zero-order valence-corrected chi connectivity index (χ0v) is 79.3. The summed E-state index contributed by atoms with van der Waals surface area (Å²) in [6, 6.07) is 51.0. The Balaban J connectivity index is 0.000000186. The van der Waals surface area contributed by atoms with Gasteiger partial charge in [0.05, 0.1) is 11.2 Å². The summed E-state index contributed by atoms with van der Waals surface area (Å²) in [5.74, 6) is -7.70. The van der Waals surface area contributed by atoms with Crippen LogP contribution in [-0.2, 0) is 40.2 Å². The molecule has 2 aliphatic rings. The van der Waals surface area contributed by atoms with Crippen LogP contribution in [0.15, 0.2) is 167 Å². The molecule has 2 aliphatic carbocycles. The molecule has 14 aromatic rings. The molecule has 122 heavy (non-hydrogen) atoms. The minimum absolute atomic E-state index is 0. The van der Waals surface area contributed by atoms with Crippen molar-refractivity contribution in [3.05, 3.63) is 272 Å². The summed E-state index contributed by atoms with van der Waals surface area (Å²) in [5, 5.41) is 3.72. The van der Waals surface area contributed by atoms with Crippen LogP contribution < -0.4 is 0 Å². The first-order chi connectivity index (χ1) is 66.1. The molecule has 8 aromatic heterocycles. The quantitative estimate of drug-likeness (QED) is 0.0992. The average molecular weight is 2000 g/mol. The van der Waals surface area contributed by atoms with E-state index in [0.717, 1.165) is 69.7 Å². The van der Waals surface area contributed by atoms with E-state index in [9.17, 15) is 1.37 Å². The number of benzene rings is 6. The summed E-state index contributed by atoms with van der Waals surface area (Å²) in [6.07, 6.45) is 11.0. The fourth-order valence-electron chi connectivity index (χ4n) is 18.4. The normalized spacial score (nSPS) is 19.4. The Bertz CT molecular complexity index is 6900. The van der Waals surface area contributed by atoms with Crippen LogP contribution in [0.1, 0.15) is 348 Å². The number of fused-ring (bicyclic) bond motifs is 6. The van der Waals surface area contributed by atoms with E-state index in [4.69, 9.17) is 41.7 Å². The van der Waals surface area contributed by atoms with E-state index in [1.807, 2.05) is 68.4 Å². The number of hydrogen-bond acceptors (Lipinski definition) is 8. The van der Waals surface area contributed by atoms with Crippen LogP contribution in [0.25, 0.3) is 111 Å². The van der Waals surface area contributed by atoms with Crippen LogP contribution in [0.4, 0.5) is 0 Å². The standard InChI is InChI=1S/2C28H31N2O.2C28H34N.2Ir/c1-17-16-29-23(15-22(17)25-27(3,4)13-8-14-28(25,5)6)21-10-7-9-19-20-12-11-18(2)30-26(20)31-24(19)21;1-17-15-29-24(12-23(17)19-13-27(3,4)16-28(5,6)14-19)22-9-7-8-20-21-11-10-18(2)30-26(21)31-25(20)22;2*1-17(2)23-13-24(18(3)4)28(25(14-23)19(5)6)26-15-27(29-16-21(26)8)22-11-9-20(7)10-12-22;;/h7,9,11-12,15-16,25H,8,13-14H2,1-6H3;7-8,10-12,15,19H,13-14,16H2,1-6H3;2*9-11,13-19H,1-8H3;;/q4*-1;;/i1D3;1D3,19D;2*7D3,8D3,17D,18D,19D;;. The van der Waals surface area contributed by atoms with Crippen molar-refractivity contribution in [3.8, 4) is 67.3 Å². The molecule has 2 radical (unpaired) electrons. The molecule has 0 saturated heterocycles. The van der Waals surface area contributed by atoms with Gasteiger partial charge in [-0.1, -0.05) is 229 Å². The smallest absolute Gasteiger partial charge is 0.216 e. The van der Waals surface area contributed by atoms with E-state index >= 15 is 0 Å². The second kappa shape index (κ2) is 37.9. The van der Waals surface area contributed by atoms with Crippen LogP contribution in [0, 0.1) is 101 Å². The molecule has 10 heteroatoms. The molecule has 0 atom stereocenters. The van der Waals surface area contributed by atoms with Gasteiger partial charge in [-0.25, -0.2) is 9.97 Å². The topological polar surface area (TPSA) is 104 Å². The van der Waals surface area contributed by atoms with E-state index in [0.29, 0.717) is 142 Å². The third-order valence-electron chi connectivity index (χ3n) is 23.6. The molecule has 0 spiro atoms. The van der Waals surface area contributed by atoms with Crippen molar-refractivity contribution in [1.82, 2.24) is 29.9 Å². The molecule has 16 rings (SSSR count). The number of aryl methyl sites for hydroxylation is 8. The Morgan fingerprint density at radius 3 is 1.16 bits per heavy atom. The first-order valence-electron chi connectivity index (χ1n) is 54.0. The summed E-state index contributed by atoms with van der Waals surface area (Å²) >= 11 is 0. The molecule has 0 amide bonds. The molecular weight excluding hydrogens is 1850 g/mol. The summed E-state index contributed by atoms with van der Waals surface area (Å²) in [5.41, 5.74) is 15.3. The van der Waals surface area contributed by atoms with Gasteiger partial charge in [0.25, 0.3) is 0 Å². The van der Waals surface area contributed by atoms with Crippen molar-refractivity contribution >= 4 is 44.1 Å². The van der Waals surface area contributed by atoms with Gasteiger partial charge < -0.3 is 28.8 Å². The Kier molecular flexibility index (Phi) is 20.1. The molecule has 8 nitrogen and oxygen atoms in total. The van der Waals surface area contributed by atoms with Crippen molar-refractivity contribution in [1.29, 1.82) is 0 Å². The largest absolute Gasteiger partial charge is 0.486 e. The van der Waals surface area contributed by atoms with Gasteiger partial charge in [0.15, 0.2) is 0 Å². The summed E-state index contributed by atoms with van der Waals surface area (Å²) in [6.45, 7) is 27.9. The summed E-state index contributed by atoms with van der Waals surface area (Å²) < 4.78 is 219. The van der Waals surface area contributed by atoms with Gasteiger partial charge in [-0.3, -0.25) is 0 Å². The molecule has 6 aromatic carbocycles. The molecule has 8 heterocycles. The van der Waals surface area contributed by atoms with Gasteiger partial charge in [-0.2, -0.15) is 0 Å². The zero-order valence-electron chi connectivity index (χ0n) is 99.5. The fourth-order valence-corrected chi connectivity index (χ4v) is 18.4. The minimum Gasteiger partial charge on any atom is -0.486 e. The number of nitrogens with zero attached hydrogens (tertiary/aromatic N) is 6. The van der Waals surface area contributed by atoms with E-state index < -0.39 is 82.4 Å². The first-order valence-corrected chi connectivity index (χ1v) is 41.5. The molecule has 2 fully saturated rings. The maximum Gasteiger partial charge on any atom is 0.216 e. The Morgan fingerprint density at radius 2 is 0.795 bits per heavy atom. The van der Waals surface area contributed by atoms with Gasteiger partial charge >= 0.3 is 0 Å². The maximum absolute atomic E-state index is 9.61. The van der Waals surface area contributed by atoms with Crippen molar-refractivity contribution in [2.24, 2.45) is 21.7 Å². The molecule has 0 aliphatic heterocycles. The second-order valence-electron chi connectivity index (χ2n) is 37.1. The fraction of sp³-hybridized carbons (Fsp3) is 0.411. The predicted molar refractivity (Wildman–Crippen MR) is 506 cm³/mol. The molecule has 2 saturated carbocycles. The van der Waals surface area contributed by atoms with Gasteiger partial charge in [-0.05, 0) is 278 Å². The van der Waals surface area contributed by atoms with Crippen molar-refractivity contribution in [2.45, 2.75) is 279 Å². The van der Waals surface area contributed by atoms with Gasteiger partial charge in [0.1, 0.15) is 0 Å². The third-order valence-corrected chi connectivity index (χ3v) is 23.6. The number of hydrogen-bond donors (Lipinski definition) is 0. The number of rotatable bonds is 14. The van der Waals surface area contributed by atoms with Gasteiger partial charge in [0, 0.05) is 121 Å². The zero-order chi connectivity index (χ0) is 108. The molecular formula is C112H130Ir2N6O2-4. The molecule has 642 valence electrons. The monoisotopic (exact) mass is 2000 g/mol. The van der Waals surface area contributed by atoms with Crippen LogP contribution in [-0.4, -0.2) is 29.9 Å². The van der Waals surface area contributed by atoms with Crippen LogP contribution >= 0.6 is 0 Å². The van der Waals surface area contributed by atoms with Crippen molar-refractivity contribution in [2.75, 3.05) is 0 Å². The SMILES string of the molecule is [2H]C([2H])([2H])c1c[c-]c(-c2cc(-c3c(C([2H])(C)C)cc(C([2H])(C)C)cc3C([2H])(C)C)c(C([2H])([2H])[2H])cn2)cc1.[2H]C([2H])([2H])c1c[c-]c(-c2cc(-c3c(C([2H])(C)C)cc(C([2H])(C)C)cc3C([2H])(C)C)c(C([2H])([2H])[2H])cn2)cc1.[2H]C([2H])([2H])c1cnc(-c2[c-]ccc3c2oc2nc(C)ccc23)cc1C1([2H])CC(C)(C)CC(C)(C)C1.[2H]C([2H])([2H])c1cnc(-c2[c-]ccc3c2oc2nc(C)ccc23)cc1C1C(C)(C)CCCC1(C)C.[Ir].[Ir]. The molecule has 0 N–H and O–H groups in total. The van der Waals surface area contributed by atoms with Gasteiger partial charge in [0.2, 0.25) is 11.4 Å². The number of aromatic nitrogens is 6. The predicted octanol–water partition coefficient (Wildman–Crippen LogP) is 32.0. The van der Waals surface area contributed by atoms with Crippen molar-refractivity contribution < 1.29 is 83.3 Å². The number of pyridine rings is 6. The Labute approximate surface area is 792 Å². The molecule has 0 unspecified atom stereocenters. The Hall–Kier alpha value is -8.88. The van der Waals surface area contributed by atoms with E-state index in [-0.39, 0.29) is 95.6 Å². The van der Waals surface area contributed by atoms with Crippen LogP contribution in [0.2, 0.25) is 0 Å². The maximum atomic E-state index is 9.61. The Morgan fingerprint density at radius 1 is 0.418 bits per heavy atom. The van der Waals surface area contributed by atoms with E-state index in [1.165, 1.54) is 42.9 Å². The van der Waals surface area contributed by atoms with Crippen LogP contribution in [0.3, 0.4) is 0 Å². The molecule has 0 bridgehead atoms. The average Bonchev–Trinajstić information content (AvgIpc) is 1.32. The summed E-state index contributed by atoms with van der Waals surface area (Å²) in [4.78, 5) is 27.0. The minimum atomic E-state index is -2.53. The van der Waals surface area contributed by atoms with E-state index in [1.54, 1.807) is 144 Å². The number of furan rings is 2. The summed E-state index contributed by atoms with van der Waals surface area (Å²) in [7, 11) is 0.